The molecule has 0 saturated carbocycles. The average Bonchev–Trinajstić information content (AvgIpc) is 3.30. The summed E-state index contributed by atoms with van der Waals surface area (Å²) in [5.74, 6) is 0.752. The van der Waals surface area contributed by atoms with Gasteiger partial charge in [0.1, 0.15) is 17.6 Å². The van der Waals surface area contributed by atoms with Gasteiger partial charge >= 0.3 is 6.03 Å². The molecule has 0 unspecified atom stereocenters. The number of aliphatic imine (C=N–C) groups is 1. The number of nitrogens with one attached hydrogen (secondary N) is 2. The highest BCUT2D eigenvalue weighted by Crippen LogP contribution is 2.28. The van der Waals surface area contributed by atoms with Crippen LogP contribution in [-0.2, 0) is 17.8 Å². The lowest BCUT2D eigenvalue weighted by atomic mass is 9.93. The maximum Gasteiger partial charge on any atom is 0.322 e. The maximum absolute atomic E-state index is 13.4. The van der Waals surface area contributed by atoms with E-state index in [0.29, 0.717) is 16.4 Å². The minimum absolute atomic E-state index is 0.127. The summed E-state index contributed by atoms with van der Waals surface area (Å²) in [5.41, 5.74) is 3.91. The van der Waals surface area contributed by atoms with Gasteiger partial charge in [0, 0.05) is 48.5 Å². The Bertz CT molecular complexity index is 1320. The van der Waals surface area contributed by atoms with Gasteiger partial charge in [0.05, 0.1) is 6.54 Å². The lowest BCUT2D eigenvalue weighted by Gasteiger charge is -2.36. The van der Waals surface area contributed by atoms with E-state index in [1.807, 2.05) is 31.3 Å². The van der Waals surface area contributed by atoms with Crippen LogP contribution in [0.25, 0.3) is 0 Å². The van der Waals surface area contributed by atoms with E-state index in [4.69, 9.17) is 11.6 Å². The van der Waals surface area contributed by atoms with Crippen LogP contribution >= 0.6 is 11.6 Å². The predicted molar refractivity (Wildman–Crippen MR) is 141 cm³/mol. The van der Waals surface area contributed by atoms with E-state index in [9.17, 15) is 14.7 Å². The summed E-state index contributed by atoms with van der Waals surface area (Å²) in [6.45, 7) is 1.90. The second-order valence-electron chi connectivity index (χ2n) is 8.93. The zero-order chi connectivity index (χ0) is 25.2. The molecule has 0 saturated heterocycles. The van der Waals surface area contributed by atoms with Crippen molar-refractivity contribution in [2.75, 3.05) is 30.8 Å². The molecule has 0 fully saturated rings. The minimum Gasteiger partial charge on any atom is -0.508 e. The Labute approximate surface area is 214 Å². The number of hydrogen-bond donors (Lipinski definition) is 3. The summed E-state index contributed by atoms with van der Waals surface area (Å²) in [6, 6.07) is 18.2. The summed E-state index contributed by atoms with van der Waals surface area (Å²) in [7, 11) is 2.00. The first-order valence-electron chi connectivity index (χ1n) is 11.7. The molecular formula is C27H26ClN5O3. The lowest BCUT2D eigenvalue weighted by molar-refractivity contribution is -0.120. The number of likely N-dealkylation sites (N-methyl/N-ethyl adjacent to an activating group) is 1. The SMILES string of the molecule is CN1CCN=C1c1ccc(NC(=O)[C@@H]2Cc3cc(O)ccc3CN2C(=O)Nc2ccc(Cl)cc2)cc1. The van der Waals surface area contributed by atoms with Crippen molar-refractivity contribution < 1.29 is 14.7 Å². The fourth-order valence-electron chi connectivity index (χ4n) is 4.52. The van der Waals surface area contributed by atoms with Crippen LogP contribution in [0.1, 0.15) is 16.7 Å². The topological polar surface area (TPSA) is 97.3 Å². The number of amides is 3. The Balaban J connectivity index is 1.36. The third kappa shape index (κ3) is 4.99. The monoisotopic (exact) mass is 503 g/mol. The highest BCUT2D eigenvalue weighted by atomic mass is 35.5. The van der Waals surface area contributed by atoms with E-state index in [0.717, 1.165) is 35.6 Å². The molecule has 1 atom stereocenters. The number of phenols is 1. The second-order valence-corrected chi connectivity index (χ2v) is 9.37. The number of benzene rings is 3. The van der Waals surface area contributed by atoms with Gasteiger partial charge in [-0.1, -0.05) is 17.7 Å². The summed E-state index contributed by atoms with van der Waals surface area (Å²) >= 11 is 5.96. The van der Waals surface area contributed by atoms with Gasteiger partial charge in [-0.3, -0.25) is 9.79 Å². The molecule has 0 bridgehead atoms. The van der Waals surface area contributed by atoms with Gasteiger partial charge in [-0.25, -0.2) is 4.79 Å². The van der Waals surface area contributed by atoms with Crippen LogP contribution in [0.4, 0.5) is 16.2 Å². The van der Waals surface area contributed by atoms with Gasteiger partial charge in [0.15, 0.2) is 0 Å². The van der Waals surface area contributed by atoms with Crippen LogP contribution < -0.4 is 10.6 Å². The Morgan fingerprint density at radius 2 is 1.67 bits per heavy atom. The van der Waals surface area contributed by atoms with Gasteiger partial charge in [0.25, 0.3) is 0 Å². The number of urea groups is 1. The molecule has 2 aliphatic heterocycles. The Morgan fingerprint density at radius 1 is 0.972 bits per heavy atom. The summed E-state index contributed by atoms with van der Waals surface area (Å²) in [4.78, 5) is 34.8. The molecule has 3 amide bonds. The van der Waals surface area contributed by atoms with Crippen molar-refractivity contribution in [3.8, 4) is 5.75 Å². The van der Waals surface area contributed by atoms with Crippen LogP contribution in [0.3, 0.4) is 0 Å². The minimum atomic E-state index is -0.767. The second kappa shape index (κ2) is 9.91. The number of amidine groups is 1. The van der Waals surface area contributed by atoms with Gasteiger partial charge in [-0.2, -0.15) is 0 Å². The van der Waals surface area contributed by atoms with E-state index in [-0.39, 0.29) is 24.6 Å². The number of phenolic OH excluding ortho intramolecular Hbond substituents is 1. The quantitative estimate of drug-likeness (QED) is 0.493. The van der Waals surface area contributed by atoms with Crippen LogP contribution in [0.15, 0.2) is 71.7 Å². The molecule has 0 radical (unpaired) electrons. The van der Waals surface area contributed by atoms with Crippen molar-refractivity contribution in [3.05, 3.63) is 88.4 Å². The first kappa shape index (κ1) is 23.7. The number of halogens is 1. The third-order valence-corrected chi connectivity index (χ3v) is 6.70. The van der Waals surface area contributed by atoms with Gasteiger partial charge in [0.2, 0.25) is 5.91 Å². The molecule has 184 valence electrons. The molecule has 0 aromatic heterocycles. The fraction of sp³-hybridized carbons (Fsp3) is 0.222. The zero-order valence-corrected chi connectivity index (χ0v) is 20.5. The summed E-state index contributed by atoms with van der Waals surface area (Å²) in [6.07, 6.45) is 0.281. The van der Waals surface area contributed by atoms with Crippen LogP contribution in [-0.4, -0.2) is 58.9 Å². The van der Waals surface area contributed by atoms with Crippen LogP contribution in [0.2, 0.25) is 5.02 Å². The molecule has 3 aromatic carbocycles. The van der Waals surface area contributed by atoms with Crippen molar-refractivity contribution in [2.45, 2.75) is 19.0 Å². The molecule has 3 N–H and O–H groups in total. The first-order chi connectivity index (χ1) is 17.4. The van der Waals surface area contributed by atoms with Crippen molar-refractivity contribution >= 4 is 40.7 Å². The van der Waals surface area contributed by atoms with E-state index in [1.54, 1.807) is 42.5 Å². The van der Waals surface area contributed by atoms with Crippen LogP contribution in [0, 0.1) is 0 Å². The number of hydrogen-bond acceptors (Lipinski definition) is 5. The van der Waals surface area contributed by atoms with E-state index in [1.165, 1.54) is 4.90 Å². The van der Waals surface area contributed by atoms with Crippen molar-refractivity contribution in [1.29, 1.82) is 0 Å². The number of rotatable bonds is 4. The zero-order valence-electron chi connectivity index (χ0n) is 19.7. The average molecular weight is 504 g/mol. The fourth-order valence-corrected chi connectivity index (χ4v) is 4.64. The Morgan fingerprint density at radius 3 is 2.36 bits per heavy atom. The molecule has 8 nitrogen and oxygen atoms in total. The molecule has 2 heterocycles. The van der Waals surface area contributed by atoms with E-state index >= 15 is 0 Å². The molecule has 3 aromatic rings. The first-order valence-corrected chi connectivity index (χ1v) is 12.1. The van der Waals surface area contributed by atoms with Crippen LogP contribution in [0.5, 0.6) is 5.75 Å². The molecule has 9 heteroatoms. The molecule has 2 aliphatic rings. The highest BCUT2D eigenvalue weighted by molar-refractivity contribution is 6.30. The maximum atomic E-state index is 13.4. The number of anilines is 2. The van der Waals surface area contributed by atoms with Gasteiger partial charge in [-0.05, 0) is 71.8 Å². The number of fused-ring (bicyclic) bond motifs is 1. The van der Waals surface area contributed by atoms with Gasteiger partial charge in [-0.15, -0.1) is 0 Å². The number of carbonyl (C=O) groups excluding carboxylic acids is 2. The number of carbonyl (C=O) groups is 2. The smallest absolute Gasteiger partial charge is 0.322 e. The third-order valence-electron chi connectivity index (χ3n) is 6.45. The number of nitrogens with zero attached hydrogens (tertiary/aromatic N) is 3. The van der Waals surface area contributed by atoms with E-state index in [2.05, 4.69) is 20.5 Å². The normalized spacial score (nSPS) is 16.8. The van der Waals surface area contributed by atoms with E-state index < -0.39 is 12.1 Å². The highest BCUT2D eigenvalue weighted by Gasteiger charge is 2.35. The molecule has 0 spiro atoms. The van der Waals surface area contributed by atoms with Crippen molar-refractivity contribution in [2.24, 2.45) is 4.99 Å². The summed E-state index contributed by atoms with van der Waals surface area (Å²) in [5, 5.41) is 16.3. The summed E-state index contributed by atoms with van der Waals surface area (Å²) < 4.78 is 0. The molecular weight excluding hydrogens is 478 g/mol. The number of aromatic hydroxyl groups is 1. The Hall–Kier alpha value is -4.04. The molecule has 5 rings (SSSR count). The Kier molecular flexibility index (Phi) is 6.52. The van der Waals surface area contributed by atoms with Crippen molar-refractivity contribution in [1.82, 2.24) is 9.80 Å². The largest absolute Gasteiger partial charge is 0.508 e. The lowest BCUT2D eigenvalue weighted by Crippen LogP contribution is -2.52. The van der Waals surface area contributed by atoms with Gasteiger partial charge < -0.3 is 25.5 Å². The molecule has 36 heavy (non-hydrogen) atoms. The van der Waals surface area contributed by atoms with Crippen molar-refractivity contribution in [3.63, 3.8) is 0 Å². The standard InChI is InChI=1S/C27H26ClN5O3/c1-32-13-12-29-25(32)17-2-7-21(8-3-17)30-26(35)24-15-19-14-23(34)11-4-18(19)16-33(24)27(36)31-22-9-5-20(28)6-10-22/h2-11,14,24,34H,12-13,15-16H2,1H3,(H,30,35)(H,31,36)/t24-/m0/s1. The predicted octanol–water partition coefficient (Wildman–Crippen LogP) is 4.34. The molecule has 0 aliphatic carbocycles.